The SMILES string of the molecule is ClCc1cnn(-c2ccc(Cl)cc2)c1.OCc1cnn(-c2ccc(Cl)cc2)c1. The Kier molecular flexibility index (Phi) is 7.12. The number of rotatable bonds is 4. The second kappa shape index (κ2) is 9.75. The number of hydrogen-bond acceptors (Lipinski definition) is 3. The summed E-state index contributed by atoms with van der Waals surface area (Å²) in [6, 6.07) is 14.8. The molecule has 144 valence electrons. The van der Waals surface area contributed by atoms with Gasteiger partial charge in [-0.05, 0) is 48.5 Å². The van der Waals surface area contributed by atoms with Gasteiger partial charge in [-0.1, -0.05) is 23.2 Å². The summed E-state index contributed by atoms with van der Waals surface area (Å²) < 4.78 is 3.47. The molecule has 0 bridgehead atoms. The maximum atomic E-state index is 8.87. The van der Waals surface area contributed by atoms with Crippen LogP contribution in [0.5, 0.6) is 0 Å². The van der Waals surface area contributed by atoms with Gasteiger partial charge in [0.25, 0.3) is 0 Å². The third kappa shape index (κ3) is 5.36. The Balaban J connectivity index is 0.000000161. The first-order valence-corrected chi connectivity index (χ1v) is 9.64. The molecule has 1 N–H and O–H groups in total. The fourth-order valence-electron chi connectivity index (χ4n) is 2.34. The lowest BCUT2D eigenvalue weighted by molar-refractivity contribution is 0.282. The van der Waals surface area contributed by atoms with E-state index in [1.165, 1.54) is 0 Å². The zero-order valence-corrected chi connectivity index (χ0v) is 17.0. The molecule has 0 aliphatic carbocycles. The molecule has 0 aliphatic heterocycles. The van der Waals surface area contributed by atoms with Crippen molar-refractivity contribution in [2.45, 2.75) is 12.5 Å². The van der Waals surface area contributed by atoms with Crippen LogP contribution >= 0.6 is 34.8 Å². The van der Waals surface area contributed by atoms with Crippen LogP contribution in [0.2, 0.25) is 10.0 Å². The van der Waals surface area contributed by atoms with Gasteiger partial charge >= 0.3 is 0 Å². The largest absolute Gasteiger partial charge is 0.392 e. The van der Waals surface area contributed by atoms with E-state index in [-0.39, 0.29) is 6.61 Å². The smallest absolute Gasteiger partial charge is 0.0712 e. The highest BCUT2D eigenvalue weighted by Crippen LogP contribution is 2.14. The molecular weight excluding hydrogens is 419 g/mol. The summed E-state index contributed by atoms with van der Waals surface area (Å²) in [6.45, 7) is 0.00753. The molecule has 0 saturated carbocycles. The number of halogens is 3. The molecule has 8 heteroatoms. The number of benzene rings is 2. The van der Waals surface area contributed by atoms with Crippen LogP contribution in [0.3, 0.4) is 0 Å². The molecule has 0 saturated heterocycles. The Hall–Kier alpha value is -2.31. The average Bonchev–Trinajstić information content (AvgIpc) is 3.39. The normalized spacial score (nSPS) is 10.4. The minimum Gasteiger partial charge on any atom is -0.392 e. The Labute approximate surface area is 177 Å². The number of alkyl halides is 1. The standard InChI is InChI=1S/C10H8Cl2N2.C10H9ClN2O/c11-5-8-6-13-14(7-8)10-3-1-9(12)2-4-10;11-9-1-3-10(4-2-9)13-6-8(7-14)5-12-13/h1-4,6-7H,5H2;1-6,14H,7H2. The van der Waals surface area contributed by atoms with Gasteiger partial charge in [0, 0.05) is 33.6 Å². The average molecular weight is 436 g/mol. The molecule has 0 fully saturated rings. The molecule has 2 aromatic heterocycles. The van der Waals surface area contributed by atoms with E-state index in [1.807, 2.05) is 42.6 Å². The van der Waals surface area contributed by atoms with Crippen molar-refractivity contribution >= 4 is 34.8 Å². The molecule has 4 aromatic rings. The molecular formula is C20H17Cl3N4O. The lowest BCUT2D eigenvalue weighted by Crippen LogP contribution is -1.92. The molecule has 0 unspecified atom stereocenters. The highest BCUT2D eigenvalue weighted by Gasteiger charge is 2.00. The van der Waals surface area contributed by atoms with E-state index in [1.54, 1.807) is 40.1 Å². The second-order valence-electron chi connectivity index (χ2n) is 5.83. The zero-order valence-electron chi connectivity index (χ0n) is 14.7. The van der Waals surface area contributed by atoms with Crippen molar-refractivity contribution in [3.8, 4) is 11.4 Å². The van der Waals surface area contributed by atoms with Crippen LogP contribution < -0.4 is 0 Å². The lowest BCUT2D eigenvalue weighted by Gasteiger charge is -1.99. The molecule has 0 aliphatic rings. The highest BCUT2D eigenvalue weighted by molar-refractivity contribution is 6.30. The van der Waals surface area contributed by atoms with Crippen LogP contribution in [0.25, 0.3) is 11.4 Å². The predicted molar refractivity (Wildman–Crippen MR) is 113 cm³/mol. The molecule has 0 spiro atoms. The zero-order chi connectivity index (χ0) is 19.9. The van der Waals surface area contributed by atoms with Gasteiger partial charge in [0.1, 0.15) is 0 Å². The molecule has 2 heterocycles. The maximum Gasteiger partial charge on any atom is 0.0712 e. The van der Waals surface area contributed by atoms with E-state index in [9.17, 15) is 0 Å². The van der Waals surface area contributed by atoms with E-state index in [0.29, 0.717) is 10.9 Å². The Morgan fingerprint density at radius 1 is 0.714 bits per heavy atom. The van der Waals surface area contributed by atoms with Gasteiger partial charge in [-0.3, -0.25) is 0 Å². The van der Waals surface area contributed by atoms with Crippen molar-refractivity contribution in [1.82, 2.24) is 19.6 Å². The first-order chi connectivity index (χ1) is 13.6. The topological polar surface area (TPSA) is 55.9 Å². The predicted octanol–water partition coefficient (Wildman–Crippen LogP) is 5.28. The minimum atomic E-state index is 0.00753. The molecule has 4 rings (SSSR count). The third-order valence-corrected chi connectivity index (χ3v) is 4.60. The van der Waals surface area contributed by atoms with Crippen LogP contribution in [0.1, 0.15) is 11.1 Å². The second-order valence-corrected chi connectivity index (χ2v) is 6.97. The Morgan fingerprint density at radius 2 is 1.14 bits per heavy atom. The van der Waals surface area contributed by atoms with Crippen LogP contribution in [0, 0.1) is 0 Å². The summed E-state index contributed by atoms with van der Waals surface area (Å²) in [7, 11) is 0. The van der Waals surface area contributed by atoms with Crippen molar-refractivity contribution in [1.29, 1.82) is 0 Å². The van der Waals surface area contributed by atoms with Crippen molar-refractivity contribution in [2.24, 2.45) is 0 Å². The van der Waals surface area contributed by atoms with Gasteiger partial charge in [-0.25, -0.2) is 9.36 Å². The van der Waals surface area contributed by atoms with Gasteiger partial charge < -0.3 is 5.11 Å². The van der Waals surface area contributed by atoms with E-state index in [4.69, 9.17) is 39.9 Å². The quantitative estimate of drug-likeness (QED) is 0.444. The van der Waals surface area contributed by atoms with Crippen molar-refractivity contribution in [3.63, 3.8) is 0 Å². The maximum absolute atomic E-state index is 8.87. The number of nitrogens with zero attached hydrogens (tertiary/aromatic N) is 4. The molecule has 5 nitrogen and oxygen atoms in total. The molecule has 0 atom stereocenters. The van der Waals surface area contributed by atoms with Crippen molar-refractivity contribution in [2.75, 3.05) is 0 Å². The molecule has 0 amide bonds. The Morgan fingerprint density at radius 3 is 1.50 bits per heavy atom. The van der Waals surface area contributed by atoms with E-state index >= 15 is 0 Å². The molecule has 2 aromatic carbocycles. The van der Waals surface area contributed by atoms with Gasteiger partial charge in [0.05, 0.1) is 36.3 Å². The van der Waals surface area contributed by atoms with Gasteiger partial charge in [0.15, 0.2) is 0 Å². The number of aromatic nitrogens is 4. The third-order valence-electron chi connectivity index (χ3n) is 3.79. The monoisotopic (exact) mass is 434 g/mol. The highest BCUT2D eigenvalue weighted by atomic mass is 35.5. The van der Waals surface area contributed by atoms with Crippen molar-refractivity contribution in [3.05, 3.63) is 94.5 Å². The Bertz CT molecular complexity index is 927. The fourth-order valence-corrected chi connectivity index (χ4v) is 2.73. The minimum absolute atomic E-state index is 0.00753. The first kappa shape index (κ1) is 20.4. The summed E-state index contributed by atoms with van der Waals surface area (Å²) >= 11 is 17.2. The number of aliphatic hydroxyl groups is 1. The summed E-state index contributed by atoms with van der Waals surface area (Å²) in [5, 5.41) is 18.6. The van der Waals surface area contributed by atoms with Gasteiger partial charge in [0.2, 0.25) is 0 Å². The summed E-state index contributed by atoms with van der Waals surface area (Å²) in [5.74, 6) is 0.480. The van der Waals surface area contributed by atoms with E-state index < -0.39 is 0 Å². The van der Waals surface area contributed by atoms with Gasteiger partial charge in [-0.15, -0.1) is 11.6 Å². The first-order valence-electron chi connectivity index (χ1n) is 8.35. The van der Waals surface area contributed by atoms with Crippen LogP contribution in [-0.4, -0.2) is 24.7 Å². The summed E-state index contributed by atoms with van der Waals surface area (Å²) in [5.41, 5.74) is 3.70. The van der Waals surface area contributed by atoms with Gasteiger partial charge in [-0.2, -0.15) is 10.2 Å². The van der Waals surface area contributed by atoms with Crippen molar-refractivity contribution < 1.29 is 5.11 Å². The van der Waals surface area contributed by atoms with E-state index in [2.05, 4.69) is 10.2 Å². The van der Waals surface area contributed by atoms with Crippen LogP contribution in [0.15, 0.2) is 73.3 Å². The molecule has 0 radical (unpaired) electrons. The summed E-state index contributed by atoms with van der Waals surface area (Å²) in [4.78, 5) is 0. The fraction of sp³-hybridized carbons (Fsp3) is 0.100. The van der Waals surface area contributed by atoms with E-state index in [0.717, 1.165) is 27.5 Å². The number of aliphatic hydroxyl groups excluding tert-OH is 1. The number of hydrogen-bond donors (Lipinski definition) is 1. The van der Waals surface area contributed by atoms with Crippen LogP contribution in [-0.2, 0) is 12.5 Å². The summed E-state index contributed by atoms with van der Waals surface area (Å²) in [6.07, 6.45) is 7.07. The van der Waals surface area contributed by atoms with Crippen LogP contribution in [0.4, 0.5) is 0 Å². The lowest BCUT2D eigenvalue weighted by atomic mass is 10.3. The molecule has 28 heavy (non-hydrogen) atoms.